The minimum absolute atomic E-state index is 0.212. The van der Waals surface area contributed by atoms with Gasteiger partial charge in [-0.1, -0.05) is 6.07 Å². The second-order valence-corrected chi connectivity index (χ2v) is 9.07. The fourth-order valence-electron chi connectivity index (χ4n) is 3.44. The number of rotatable bonds is 6. The average molecular weight is 470 g/mol. The lowest BCUT2D eigenvalue weighted by atomic mass is 10.0. The molecule has 0 fully saturated rings. The van der Waals surface area contributed by atoms with E-state index in [-0.39, 0.29) is 12.0 Å². The number of hydrogen-bond acceptors (Lipinski definition) is 7. The maximum absolute atomic E-state index is 13.3. The first-order chi connectivity index (χ1) is 15.6. The Morgan fingerprint density at radius 2 is 2.06 bits per heavy atom. The van der Waals surface area contributed by atoms with Gasteiger partial charge >= 0.3 is 6.09 Å². The Hall–Kier alpha value is -3.17. The van der Waals surface area contributed by atoms with Crippen molar-refractivity contribution < 1.29 is 19.1 Å². The number of nitrogens with zero attached hydrogens (tertiary/aromatic N) is 2. The minimum atomic E-state index is -0.334. The van der Waals surface area contributed by atoms with Crippen LogP contribution in [0.2, 0.25) is 0 Å². The Morgan fingerprint density at radius 3 is 2.75 bits per heavy atom. The fraction of sp³-hybridized carbons (Fsp3) is 0.261. The van der Waals surface area contributed by atoms with Crippen molar-refractivity contribution in [3.63, 3.8) is 0 Å². The predicted molar refractivity (Wildman–Crippen MR) is 128 cm³/mol. The standard InChI is InChI=1S/C23H23N3O4S2/c1-3-30-23(28)26-11-10-18-19(14-26)32-22(24-13-17-5-4-12-31-17)20(18)21(27)25-15-6-8-16(29-2)9-7-15/h4-9,12-13H,3,10-11,14H2,1-2H3,(H,25,27). The molecule has 0 spiro atoms. The number of methoxy groups -OCH3 is 1. The number of amides is 2. The van der Waals surface area contributed by atoms with Crippen LogP contribution in [0.4, 0.5) is 15.5 Å². The van der Waals surface area contributed by atoms with Crippen molar-refractivity contribution in [1.82, 2.24) is 4.90 Å². The third-order valence-electron chi connectivity index (χ3n) is 4.99. The molecule has 9 heteroatoms. The highest BCUT2D eigenvalue weighted by Crippen LogP contribution is 2.39. The summed E-state index contributed by atoms with van der Waals surface area (Å²) in [4.78, 5) is 33.8. The summed E-state index contributed by atoms with van der Waals surface area (Å²) in [6.07, 6.45) is 2.01. The molecular weight excluding hydrogens is 446 g/mol. The van der Waals surface area contributed by atoms with E-state index in [1.165, 1.54) is 11.3 Å². The summed E-state index contributed by atoms with van der Waals surface area (Å²) in [6, 6.07) is 11.1. The second-order valence-electron chi connectivity index (χ2n) is 7.01. The fourth-order valence-corrected chi connectivity index (χ4v) is 5.23. The van der Waals surface area contributed by atoms with E-state index >= 15 is 0 Å². The maximum Gasteiger partial charge on any atom is 0.410 e. The van der Waals surface area contributed by atoms with Crippen LogP contribution in [0.25, 0.3) is 0 Å². The van der Waals surface area contributed by atoms with Gasteiger partial charge in [-0.2, -0.15) is 0 Å². The molecule has 0 aliphatic carbocycles. The normalized spacial score (nSPS) is 13.1. The van der Waals surface area contributed by atoms with E-state index in [1.54, 1.807) is 60.8 Å². The van der Waals surface area contributed by atoms with Crippen LogP contribution in [0.3, 0.4) is 0 Å². The number of carbonyl (C=O) groups excluding carboxylic acids is 2. The number of hydrogen-bond donors (Lipinski definition) is 1. The predicted octanol–water partition coefficient (Wildman–Crippen LogP) is 5.34. The summed E-state index contributed by atoms with van der Waals surface area (Å²) in [5, 5.41) is 5.59. The van der Waals surface area contributed by atoms with Gasteiger partial charge in [0.25, 0.3) is 5.91 Å². The van der Waals surface area contributed by atoms with Gasteiger partial charge in [0.15, 0.2) is 0 Å². The molecule has 1 aromatic carbocycles. The van der Waals surface area contributed by atoms with Gasteiger partial charge in [0.2, 0.25) is 0 Å². The van der Waals surface area contributed by atoms with Gasteiger partial charge in [-0.25, -0.2) is 9.79 Å². The molecular formula is C23H23N3O4S2. The lowest BCUT2D eigenvalue weighted by molar-refractivity contribution is 0.102. The Kier molecular flexibility index (Phi) is 6.87. The SMILES string of the molecule is CCOC(=O)N1CCc2c(sc(N=Cc3cccs3)c2C(=O)Nc2ccc(OC)cc2)C1. The summed E-state index contributed by atoms with van der Waals surface area (Å²) < 4.78 is 10.3. The number of carbonyl (C=O) groups is 2. The second kappa shape index (κ2) is 9.97. The molecule has 166 valence electrons. The van der Waals surface area contributed by atoms with Crippen LogP contribution in [0, 0.1) is 0 Å². The van der Waals surface area contributed by atoms with Gasteiger partial charge in [-0.15, -0.1) is 22.7 Å². The van der Waals surface area contributed by atoms with Gasteiger partial charge in [0.1, 0.15) is 10.8 Å². The van der Waals surface area contributed by atoms with Crippen LogP contribution in [-0.4, -0.2) is 43.4 Å². The smallest absolute Gasteiger partial charge is 0.410 e. The number of nitrogens with one attached hydrogen (secondary N) is 1. The van der Waals surface area contributed by atoms with E-state index in [0.717, 1.165) is 21.1 Å². The Balaban J connectivity index is 1.64. The Morgan fingerprint density at radius 1 is 1.25 bits per heavy atom. The largest absolute Gasteiger partial charge is 0.497 e. The number of thiophene rings is 2. The van der Waals surface area contributed by atoms with Crippen molar-refractivity contribution in [2.45, 2.75) is 19.9 Å². The molecule has 1 aliphatic rings. The molecule has 0 unspecified atom stereocenters. The van der Waals surface area contributed by atoms with Crippen molar-refractivity contribution >= 4 is 51.6 Å². The molecule has 0 atom stereocenters. The highest BCUT2D eigenvalue weighted by atomic mass is 32.1. The third kappa shape index (κ3) is 4.84. The molecule has 0 radical (unpaired) electrons. The van der Waals surface area contributed by atoms with Crippen molar-refractivity contribution in [3.05, 3.63) is 62.7 Å². The van der Waals surface area contributed by atoms with Crippen LogP contribution in [0.1, 0.15) is 32.6 Å². The first-order valence-electron chi connectivity index (χ1n) is 10.2. The molecule has 1 aliphatic heterocycles. The lowest BCUT2D eigenvalue weighted by Gasteiger charge is -2.26. The van der Waals surface area contributed by atoms with E-state index < -0.39 is 0 Å². The van der Waals surface area contributed by atoms with Gasteiger partial charge < -0.3 is 19.7 Å². The third-order valence-corrected chi connectivity index (χ3v) is 6.92. The van der Waals surface area contributed by atoms with E-state index in [1.807, 2.05) is 17.5 Å². The molecule has 1 N–H and O–H groups in total. The van der Waals surface area contributed by atoms with Crippen molar-refractivity contribution in [2.75, 3.05) is 25.6 Å². The number of ether oxygens (including phenoxy) is 2. The van der Waals surface area contributed by atoms with Crippen molar-refractivity contribution in [2.24, 2.45) is 4.99 Å². The zero-order valence-electron chi connectivity index (χ0n) is 17.8. The lowest BCUT2D eigenvalue weighted by Crippen LogP contribution is -2.36. The van der Waals surface area contributed by atoms with Crippen molar-refractivity contribution in [3.8, 4) is 5.75 Å². The minimum Gasteiger partial charge on any atom is -0.497 e. The van der Waals surface area contributed by atoms with Gasteiger partial charge in [-0.3, -0.25) is 4.79 Å². The van der Waals surface area contributed by atoms with Crippen LogP contribution in [0.15, 0.2) is 46.8 Å². The number of anilines is 1. The molecule has 2 amide bonds. The number of aliphatic imine (C=N–C) groups is 1. The molecule has 3 aromatic rings. The number of fused-ring (bicyclic) bond motifs is 1. The summed E-state index contributed by atoms with van der Waals surface area (Å²) in [7, 11) is 1.60. The Labute approximate surface area is 194 Å². The van der Waals surface area contributed by atoms with E-state index in [4.69, 9.17) is 9.47 Å². The monoisotopic (exact) mass is 469 g/mol. The van der Waals surface area contributed by atoms with E-state index in [2.05, 4.69) is 10.3 Å². The molecule has 32 heavy (non-hydrogen) atoms. The van der Waals surface area contributed by atoms with Gasteiger partial charge in [0, 0.05) is 28.2 Å². The molecule has 3 heterocycles. The summed E-state index contributed by atoms with van der Waals surface area (Å²) in [5.41, 5.74) is 2.19. The Bertz CT molecular complexity index is 1120. The van der Waals surface area contributed by atoms with Crippen LogP contribution in [-0.2, 0) is 17.7 Å². The molecule has 0 bridgehead atoms. The summed E-state index contributed by atoms with van der Waals surface area (Å²) in [6.45, 7) is 3.03. The zero-order valence-corrected chi connectivity index (χ0v) is 19.4. The first kappa shape index (κ1) is 22.0. The van der Waals surface area contributed by atoms with Crippen LogP contribution < -0.4 is 10.1 Å². The first-order valence-corrected chi connectivity index (χ1v) is 11.9. The summed E-state index contributed by atoms with van der Waals surface area (Å²) in [5.74, 6) is 0.506. The maximum atomic E-state index is 13.3. The molecule has 7 nitrogen and oxygen atoms in total. The zero-order chi connectivity index (χ0) is 22.5. The van der Waals surface area contributed by atoms with Gasteiger partial charge in [0.05, 0.1) is 25.8 Å². The average Bonchev–Trinajstić information content (AvgIpc) is 3.45. The highest BCUT2D eigenvalue weighted by Gasteiger charge is 2.30. The van der Waals surface area contributed by atoms with E-state index in [0.29, 0.717) is 42.4 Å². The molecule has 0 saturated carbocycles. The molecule has 0 saturated heterocycles. The highest BCUT2D eigenvalue weighted by molar-refractivity contribution is 7.16. The van der Waals surface area contributed by atoms with Crippen LogP contribution >= 0.6 is 22.7 Å². The summed E-state index contributed by atoms with van der Waals surface area (Å²) >= 11 is 3.03. The molecule has 2 aromatic heterocycles. The van der Waals surface area contributed by atoms with Crippen LogP contribution in [0.5, 0.6) is 5.75 Å². The van der Waals surface area contributed by atoms with E-state index in [9.17, 15) is 9.59 Å². The molecule has 4 rings (SSSR count). The number of benzene rings is 1. The van der Waals surface area contributed by atoms with Crippen molar-refractivity contribution in [1.29, 1.82) is 0 Å². The quantitative estimate of drug-likeness (QED) is 0.495. The topological polar surface area (TPSA) is 80.2 Å². The van der Waals surface area contributed by atoms with Gasteiger partial charge in [-0.05, 0) is 54.6 Å².